The summed E-state index contributed by atoms with van der Waals surface area (Å²) in [5.41, 5.74) is -0.226. The molecule has 29 heavy (non-hydrogen) atoms. The van der Waals surface area contributed by atoms with Crippen LogP contribution in [0.2, 0.25) is 0 Å². The van der Waals surface area contributed by atoms with Crippen LogP contribution in [-0.4, -0.2) is 17.6 Å². The predicted molar refractivity (Wildman–Crippen MR) is 110 cm³/mol. The zero-order chi connectivity index (χ0) is 21.7. The predicted octanol–water partition coefficient (Wildman–Crippen LogP) is 5.81. The fourth-order valence-electron chi connectivity index (χ4n) is 2.47. The molecule has 0 aliphatic heterocycles. The standard InChI is InChI=1S/C21H23F3N2O2S/c1-20(2,3)12-18(27)25-16-8-5-9-17(11-16)29-13-19(28)26-15-7-4-6-14(10-15)21(22,23)24/h4-11H,12-13H2,1-3H3,(H,25,27)(H,26,28). The van der Waals surface area contributed by atoms with E-state index in [4.69, 9.17) is 0 Å². The molecule has 0 aromatic heterocycles. The van der Waals surface area contributed by atoms with Crippen LogP contribution in [0.3, 0.4) is 0 Å². The van der Waals surface area contributed by atoms with E-state index < -0.39 is 17.6 Å². The van der Waals surface area contributed by atoms with E-state index in [1.165, 1.54) is 23.9 Å². The zero-order valence-corrected chi connectivity index (χ0v) is 17.2. The third-order valence-corrected chi connectivity index (χ3v) is 4.65. The van der Waals surface area contributed by atoms with Gasteiger partial charge in [0.1, 0.15) is 0 Å². The van der Waals surface area contributed by atoms with E-state index in [0.717, 1.165) is 17.0 Å². The summed E-state index contributed by atoms with van der Waals surface area (Å²) in [4.78, 5) is 24.9. The number of benzene rings is 2. The Labute approximate surface area is 172 Å². The normalized spacial score (nSPS) is 11.8. The number of halogens is 3. The molecule has 4 nitrogen and oxygen atoms in total. The van der Waals surface area contributed by atoms with E-state index in [1.807, 2.05) is 20.8 Å². The van der Waals surface area contributed by atoms with Gasteiger partial charge in [0, 0.05) is 22.7 Å². The maximum atomic E-state index is 12.7. The molecule has 0 bridgehead atoms. The lowest BCUT2D eigenvalue weighted by Gasteiger charge is -2.17. The van der Waals surface area contributed by atoms with E-state index in [-0.39, 0.29) is 22.8 Å². The van der Waals surface area contributed by atoms with E-state index in [1.54, 1.807) is 24.3 Å². The third-order valence-electron chi connectivity index (χ3n) is 3.65. The number of amides is 2. The van der Waals surface area contributed by atoms with Crippen molar-refractivity contribution >= 4 is 35.0 Å². The molecule has 0 aliphatic rings. The number of hydrogen-bond donors (Lipinski definition) is 2. The summed E-state index contributed by atoms with van der Waals surface area (Å²) in [5.74, 6) is -0.492. The quantitative estimate of drug-likeness (QED) is 0.575. The van der Waals surface area contributed by atoms with Crippen LogP contribution in [0.5, 0.6) is 0 Å². The average molecular weight is 424 g/mol. The Kier molecular flexibility index (Phi) is 7.35. The van der Waals surface area contributed by atoms with Crippen LogP contribution >= 0.6 is 11.8 Å². The van der Waals surface area contributed by atoms with Crippen LogP contribution in [0.4, 0.5) is 24.5 Å². The van der Waals surface area contributed by atoms with Gasteiger partial charge in [-0.15, -0.1) is 11.8 Å². The van der Waals surface area contributed by atoms with E-state index in [9.17, 15) is 22.8 Å². The minimum atomic E-state index is -4.46. The fraction of sp³-hybridized carbons (Fsp3) is 0.333. The lowest BCUT2D eigenvalue weighted by atomic mass is 9.92. The van der Waals surface area contributed by atoms with Crippen molar-refractivity contribution in [1.29, 1.82) is 0 Å². The molecule has 0 saturated heterocycles. The van der Waals surface area contributed by atoms with Crippen LogP contribution in [0.25, 0.3) is 0 Å². The minimum Gasteiger partial charge on any atom is -0.326 e. The maximum absolute atomic E-state index is 12.7. The van der Waals surface area contributed by atoms with Gasteiger partial charge in [-0.05, 0) is 41.8 Å². The molecule has 0 saturated carbocycles. The highest BCUT2D eigenvalue weighted by molar-refractivity contribution is 8.00. The van der Waals surface area contributed by atoms with Gasteiger partial charge < -0.3 is 10.6 Å². The fourth-order valence-corrected chi connectivity index (χ4v) is 3.22. The van der Waals surface area contributed by atoms with Crippen LogP contribution < -0.4 is 10.6 Å². The second kappa shape index (κ2) is 9.35. The molecule has 156 valence electrons. The first-order valence-electron chi connectivity index (χ1n) is 8.92. The summed E-state index contributed by atoms with van der Waals surface area (Å²) >= 11 is 1.23. The highest BCUT2D eigenvalue weighted by Gasteiger charge is 2.30. The zero-order valence-electron chi connectivity index (χ0n) is 16.4. The van der Waals surface area contributed by atoms with Gasteiger partial charge in [0.2, 0.25) is 11.8 Å². The van der Waals surface area contributed by atoms with Crippen molar-refractivity contribution in [2.24, 2.45) is 5.41 Å². The molecule has 0 aliphatic carbocycles. The van der Waals surface area contributed by atoms with Crippen molar-refractivity contribution < 1.29 is 22.8 Å². The van der Waals surface area contributed by atoms with Crippen LogP contribution in [0.15, 0.2) is 53.4 Å². The Morgan fingerprint density at radius 3 is 2.10 bits per heavy atom. The van der Waals surface area contributed by atoms with Crippen LogP contribution in [0, 0.1) is 5.41 Å². The van der Waals surface area contributed by atoms with Crippen molar-refractivity contribution in [2.75, 3.05) is 16.4 Å². The maximum Gasteiger partial charge on any atom is 0.416 e. The Hall–Kier alpha value is -2.48. The Balaban J connectivity index is 1.91. The molecule has 2 aromatic carbocycles. The number of anilines is 2. The molecular weight excluding hydrogens is 401 g/mol. The second-order valence-electron chi connectivity index (χ2n) is 7.73. The first kappa shape index (κ1) is 22.8. The highest BCUT2D eigenvalue weighted by atomic mass is 32.2. The van der Waals surface area contributed by atoms with Crippen LogP contribution in [0.1, 0.15) is 32.8 Å². The van der Waals surface area contributed by atoms with Gasteiger partial charge in [0.25, 0.3) is 0 Å². The molecule has 2 amide bonds. The number of hydrogen-bond acceptors (Lipinski definition) is 3. The van der Waals surface area contributed by atoms with Gasteiger partial charge >= 0.3 is 6.18 Å². The third kappa shape index (κ3) is 8.19. The number of alkyl halides is 3. The van der Waals surface area contributed by atoms with Gasteiger partial charge in [-0.1, -0.05) is 32.9 Å². The summed E-state index contributed by atoms with van der Waals surface area (Å²) in [6.45, 7) is 5.92. The lowest BCUT2D eigenvalue weighted by Crippen LogP contribution is -2.19. The summed E-state index contributed by atoms with van der Waals surface area (Å²) in [5, 5.41) is 5.30. The summed E-state index contributed by atoms with van der Waals surface area (Å²) in [7, 11) is 0. The molecule has 0 heterocycles. The van der Waals surface area contributed by atoms with Gasteiger partial charge in [0.15, 0.2) is 0 Å². The van der Waals surface area contributed by atoms with Crippen LogP contribution in [-0.2, 0) is 15.8 Å². The van der Waals surface area contributed by atoms with Crippen molar-refractivity contribution in [3.05, 3.63) is 54.1 Å². The number of carbonyl (C=O) groups is 2. The molecule has 0 radical (unpaired) electrons. The molecule has 0 spiro atoms. The molecule has 8 heteroatoms. The molecule has 0 unspecified atom stereocenters. The number of rotatable bonds is 6. The molecular formula is C21H23F3N2O2S. The van der Waals surface area contributed by atoms with Gasteiger partial charge in [-0.3, -0.25) is 9.59 Å². The Morgan fingerprint density at radius 1 is 0.897 bits per heavy atom. The first-order valence-corrected chi connectivity index (χ1v) is 9.91. The van der Waals surface area contributed by atoms with Crippen molar-refractivity contribution in [1.82, 2.24) is 0 Å². The van der Waals surface area contributed by atoms with Gasteiger partial charge in [-0.25, -0.2) is 0 Å². The molecule has 2 aromatic rings. The Bertz CT molecular complexity index is 877. The molecule has 0 fully saturated rings. The van der Waals surface area contributed by atoms with Crippen molar-refractivity contribution in [3.63, 3.8) is 0 Å². The van der Waals surface area contributed by atoms with E-state index in [2.05, 4.69) is 10.6 Å². The number of carbonyl (C=O) groups excluding carboxylic acids is 2. The SMILES string of the molecule is CC(C)(C)CC(=O)Nc1cccc(SCC(=O)Nc2cccc(C(F)(F)F)c2)c1. The smallest absolute Gasteiger partial charge is 0.326 e. The summed E-state index contributed by atoms with van der Waals surface area (Å²) < 4.78 is 38.2. The topological polar surface area (TPSA) is 58.2 Å². The summed E-state index contributed by atoms with van der Waals surface area (Å²) in [6, 6.07) is 11.6. The molecule has 0 atom stereocenters. The molecule has 2 rings (SSSR count). The largest absolute Gasteiger partial charge is 0.416 e. The second-order valence-corrected chi connectivity index (χ2v) is 8.78. The van der Waals surface area contributed by atoms with Crippen molar-refractivity contribution in [3.8, 4) is 0 Å². The van der Waals surface area contributed by atoms with Gasteiger partial charge in [0.05, 0.1) is 11.3 Å². The van der Waals surface area contributed by atoms with E-state index in [0.29, 0.717) is 12.1 Å². The number of thioether (sulfide) groups is 1. The monoisotopic (exact) mass is 424 g/mol. The van der Waals surface area contributed by atoms with E-state index >= 15 is 0 Å². The first-order chi connectivity index (χ1) is 13.4. The minimum absolute atomic E-state index is 0.0234. The van der Waals surface area contributed by atoms with Crippen molar-refractivity contribution in [2.45, 2.75) is 38.3 Å². The summed E-state index contributed by atoms with van der Waals surface area (Å²) in [6.07, 6.45) is -4.09. The molecule has 2 N–H and O–H groups in total. The average Bonchev–Trinajstić information content (AvgIpc) is 2.58. The number of nitrogens with one attached hydrogen (secondary N) is 2. The van der Waals surface area contributed by atoms with Gasteiger partial charge in [-0.2, -0.15) is 13.2 Å². The Morgan fingerprint density at radius 2 is 1.48 bits per heavy atom. The highest BCUT2D eigenvalue weighted by Crippen LogP contribution is 2.31. The lowest BCUT2D eigenvalue weighted by molar-refractivity contribution is -0.137.